The molecule has 2 aromatic rings. The highest BCUT2D eigenvalue weighted by Gasteiger charge is 2.44. The normalized spacial score (nSPS) is 19.3. The fourth-order valence-electron chi connectivity index (χ4n) is 4.37. The molecular formula is C24H28N2O5. The summed E-state index contributed by atoms with van der Waals surface area (Å²) in [5, 5.41) is 3.04. The number of carbonyl (C=O) groups is 2. The largest absolute Gasteiger partial charge is 0.454 e. The Balaban J connectivity index is 1.76. The molecule has 4 rings (SSSR count). The third kappa shape index (κ3) is 4.10. The average molecular weight is 424 g/mol. The molecule has 0 aliphatic carbocycles. The van der Waals surface area contributed by atoms with E-state index >= 15 is 0 Å². The van der Waals surface area contributed by atoms with E-state index in [1.165, 1.54) is 0 Å². The Kier molecular flexibility index (Phi) is 6.42. The van der Waals surface area contributed by atoms with Crippen molar-refractivity contribution >= 4 is 11.8 Å². The zero-order valence-electron chi connectivity index (χ0n) is 17.9. The van der Waals surface area contributed by atoms with E-state index in [0.29, 0.717) is 36.8 Å². The molecule has 0 saturated heterocycles. The van der Waals surface area contributed by atoms with Gasteiger partial charge in [0, 0.05) is 32.4 Å². The van der Waals surface area contributed by atoms with Crippen LogP contribution in [0.4, 0.5) is 0 Å². The molecule has 31 heavy (non-hydrogen) atoms. The minimum Gasteiger partial charge on any atom is -0.454 e. The minimum absolute atomic E-state index is 0.0523. The summed E-state index contributed by atoms with van der Waals surface area (Å²) >= 11 is 0. The number of methoxy groups -OCH3 is 1. The SMILES string of the molecule is CCCN1C(=O)c2ccccc2[C@@H](C(=O)NCCCOC)[C@H]1c1ccc2c(c1)OCO2. The van der Waals surface area contributed by atoms with Gasteiger partial charge in [-0.3, -0.25) is 9.59 Å². The van der Waals surface area contributed by atoms with Gasteiger partial charge in [-0.15, -0.1) is 0 Å². The van der Waals surface area contributed by atoms with E-state index in [1.807, 2.05) is 48.2 Å². The highest BCUT2D eigenvalue weighted by atomic mass is 16.7. The summed E-state index contributed by atoms with van der Waals surface area (Å²) in [5.74, 6) is 0.639. The summed E-state index contributed by atoms with van der Waals surface area (Å²) < 4.78 is 16.1. The summed E-state index contributed by atoms with van der Waals surface area (Å²) in [6, 6.07) is 12.6. The standard InChI is InChI=1S/C24H28N2O5/c1-3-12-26-22(16-9-10-19-20(14-16)31-15-30-19)21(23(27)25-11-6-13-29-2)17-7-4-5-8-18(17)24(26)28/h4-5,7-10,14,21-22H,3,6,11-13,15H2,1-2H3,(H,25,27)/t21-,22-/m1/s1. The lowest BCUT2D eigenvalue weighted by molar-refractivity contribution is -0.124. The van der Waals surface area contributed by atoms with Crippen molar-refractivity contribution in [3.8, 4) is 11.5 Å². The lowest BCUT2D eigenvalue weighted by atomic mass is 9.79. The van der Waals surface area contributed by atoms with Gasteiger partial charge < -0.3 is 24.4 Å². The third-order valence-corrected chi connectivity index (χ3v) is 5.75. The van der Waals surface area contributed by atoms with Gasteiger partial charge in [0.25, 0.3) is 5.91 Å². The summed E-state index contributed by atoms with van der Waals surface area (Å²) in [5.41, 5.74) is 2.20. The molecule has 2 aromatic carbocycles. The van der Waals surface area contributed by atoms with Gasteiger partial charge in [0.1, 0.15) is 0 Å². The number of carbonyl (C=O) groups excluding carboxylic acids is 2. The molecular weight excluding hydrogens is 396 g/mol. The molecule has 0 spiro atoms. The van der Waals surface area contributed by atoms with E-state index in [9.17, 15) is 9.59 Å². The van der Waals surface area contributed by atoms with Crippen molar-refractivity contribution in [3.63, 3.8) is 0 Å². The molecule has 0 unspecified atom stereocenters. The van der Waals surface area contributed by atoms with E-state index in [2.05, 4.69) is 5.32 Å². The van der Waals surface area contributed by atoms with E-state index < -0.39 is 12.0 Å². The topological polar surface area (TPSA) is 77.1 Å². The van der Waals surface area contributed by atoms with E-state index in [4.69, 9.17) is 14.2 Å². The monoisotopic (exact) mass is 424 g/mol. The number of nitrogens with zero attached hydrogens (tertiary/aromatic N) is 1. The maximum atomic E-state index is 13.5. The van der Waals surface area contributed by atoms with Crippen LogP contribution in [0.25, 0.3) is 0 Å². The summed E-state index contributed by atoms with van der Waals surface area (Å²) in [6.45, 7) is 3.85. The van der Waals surface area contributed by atoms with Gasteiger partial charge in [0.05, 0.1) is 12.0 Å². The highest BCUT2D eigenvalue weighted by Crippen LogP contribution is 2.45. The van der Waals surface area contributed by atoms with E-state index in [1.54, 1.807) is 13.2 Å². The van der Waals surface area contributed by atoms with Crippen LogP contribution in [-0.2, 0) is 9.53 Å². The second-order valence-electron chi connectivity index (χ2n) is 7.76. The third-order valence-electron chi connectivity index (χ3n) is 5.75. The number of hydrogen-bond acceptors (Lipinski definition) is 5. The number of hydrogen-bond donors (Lipinski definition) is 1. The Morgan fingerprint density at radius 2 is 2.00 bits per heavy atom. The van der Waals surface area contributed by atoms with Gasteiger partial charge in [-0.25, -0.2) is 0 Å². The smallest absolute Gasteiger partial charge is 0.254 e. The molecule has 0 bridgehead atoms. The predicted octanol–water partition coefficient (Wildman–Crippen LogP) is 3.26. The van der Waals surface area contributed by atoms with Crippen molar-refractivity contribution in [1.82, 2.24) is 10.2 Å². The summed E-state index contributed by atoms with van der Waals surface area (Å²) in [6.07, 6.45) is 1.51. The Labute approximate surface area is 182 Å². The number of amides is 2. The van der Waals surface area contributed by atoms with Crippen molar-refractivity contribution in [2.45, 2.75) is 31.7 Å². The molecule has 164 valence electrons. The zero-order chi connectivity index (χ0) is 21.8. The number of ether oxygens (including phenoxy) is 3. The van der Waals surface area contributed by atoms with Gasteiger partial charge in [-0.2, -0.15) is 0 Å². The van der Waals surface area contributed by atoms with Gasteiger partial charge in [-0.1, -0.05) is 31.2 Å². The van der Waals surface area contributed by atoms with Gasteiger partial charge in [0.2, 0.25) is 12.7 Å². The maximum absolute atomic E-state index is 13.5. The van der Waals surface area contributed by atoms with E-state index in [-0.39, 0.29) is 18.6 Å². The fourth-order valence-corrected chi connectivity index (χ4v) is 4.37. The van der Waals surface area contributed by atoms with Gasteiger partial charge in [0.15, 0.2) is 11.5 Å². The van der Waals surface area contributed by atoms with Crippen LogP contribution in [0, 0.1) is 0 Å². The number of fused-ring (bicyclic) bond motifs is 2. The van der Waals surface area contributed by atoms with Crippen molar-refractivity contribution < 1.29 is 23.8 Å². The quantitative estimate of drug-likeness (QED) is 0.659. The van der Waals surface area contributed by atoms with Crippen LogP contribution in [0.3, 0.4) is 0 Å². The van der Waals surface area contributed by atoms with Crippen molar-refractivity contribution in [3.05, 3.63) is 59.2 Å². The first-order valence-electron chi connectivity index (χ1n) is 10.7. The summed E-state index contributed by atoms with van der Waals surface area (Å²) in [7, 11) is 1.64. The summed E-state index contributed by atoms with van der Waals surface area (Å²) in [4.78, 5) is 28.7. The molecule has 2 aliphatic heterocycles. The molecule has 0 aromatic heterocycles. The van der Waals surface area contributed by atoms with Crippen LogP contribution < -0.4 is 14.8 Å². The first-order valence-corrected chi connectivity index (χ1v) is 10.7. The van der Waals surface area contributed by atoms with Crippen LogP contribution in [0.15, 0.2) is 42.5 Å². The van der Waals surface area contributed by atoms with Crippen LogP contribution >= 0.6 is 0 Å². The van der Waals surface area contributed by atoms with Crippen LogP contribution in [0.2, 0.25) is 0 Å². The second-order valence-corrected chi connectivity index (χ2v) is 7.76. The van der Waals surface area contributed by atoms with Gasteiger partial charge >= 0.3 is 0 Å². The average Bonchev–Trinajstić information content (AvgIpc) is 3.26. The molecule has 2 amide bonds. The zero-order valence-corrected chi connectivity index (χ0v) is 17.9. The Morgan fingerprint density at radius 3 is 2.81 bits per heavy atom. The number of benzene rings is 2. The Morgan fingerprint density at radius 1 is 1.19 bits per heavy atom. The molecule has 2 heterocycles. The van der Waals surface area contributed by atoms with Gasteiger partial charge in [-0.05, 0) is 42.2 Å². The molecule has 0 saturated carbocycles. The minimum atomic E-state index is -0.525. The molecule has 2 aliphatic rings. The molecule has 1 N–H and O–H groups in total. The van der Waals surface area contributed by atoms with Crippen LogP contribution in [-0.4, -0.2) is 50.3 Å². The van der Waals surface area contributed by atoms with Crippen molar-refractivity contribution in [1.29, 1.82) is 0 Å². The fraction of sp³-hybridized carbons (Fsp3) is 0.417. The molecule has 0 fully saturated rings. The molecule has 0 radical (unpaired) electrons. The first kappa shape index (κ1) is 21.2. The lowest BCUT2D eigenvalue weighted by Crippen LogP contribution is -2.47. The number of rotatable bonds is 8. The Bertz CT molecular complexity index is 961. The first-order chi connectivity index (χ1) is 15.2. The van der Waals surface area contributed by atoms with Crippen LogP contribution in [0.1, 0.15) is 53.2 Å². The molecule has 2 atom stereocenters. The maximum Gasteiger partial charge on any atom is 0.254 e. The van der Waals surface area contributed by atoms with Crippen molar-refractivity contribution in [2.24, 2.45) is 0 Å². The van der Waals surface area contributed by atoms with Crippen molar-refractivity contribution in [2.75, 3.05) is 33.6 Å². The predicted molar refractivity (Wildman–Crippen MR) is 115 cm³/mol. The lowest BCUT2D eigenvalue weighted by Gasteiger charge is -2.41. The van der Waals surface area contributed by atoms with E-state index in [0.717, 1.165) is 24.0 Å². The Hall–Kier alpha value is -3.06. The number of nitrogens with one attached hydrogen (secondary N) is 1. The molecule has 7 nitrogen and oxygen atoms in total. The van der Waals surface area contributed by atoms with Crippen LogP contribution in [0.5, 0.6) is 11.5 Å². The second kappa shape index (κ2) is 9.39. The highest BCUT2D eigenvalue weighted by molar-refractivity contribution is 6.01. The molecule has 7 heteroatoms.